The van der Waals surface area contributed by atoms with Crippen molar-refractivity contribution in [2.75, 3.05) is 20.6 Å². The number of hydrogen-bond donors (Lipinski definition) is 2. The summed E-state index contributed by atoms with van der Waals surface area (Å²) in [4.78, 5) is 18.6. The fraction of sp³-hybridized carbons (Fsp3) is 0.190. The summed E-state index contributed by atoms with van der Waals surface area (Å²) in [5.41, 5.74) is 0.681. The third-order valence-electron chi connectivity index (χ3n) is 3.97. The number of rotatable bonds is 6. The number of benzene rings is 2. The van der Waals surface area contributed by atoms with E-state index in [0.717, 1.165) is 11.1 Å². The molecule has 1 radical (unpaired) electrons. The molecule has 1 heterocycles. The van der Waals surface area contributed by atoms with E-state index in [1.165, 1.54) is 0 Å². The normalized spacial score (nSPS) is 11.0. The molecule has 2 aromatic carbocycles. The van der Waals surface area contributed by atoms with E-state index in [2.05, 4.69) is 17.2 Å². The molecule has 1 amide bonds. The maximum atomic E-state index is 12.2. The van der Waals surface area contributed by atoms with Gasteiger partial charge in [-0.05, 0) is 51.4 Å². The van der Waals surface area contributed by atoms with E-state index in [4.69, 9.17) is 4.74 Å². The smallest absolute Gasteiger partial charge is 0.273 e. The molecular formula is C21H22N3O3. The SMILES string of the molecule is [CH2]CNC(=O)c1nc(CN(C)C)c2cc(Oc3ccccc3)ccc2c1O. The number of carbonyl (C=O) groups is 1. The standard InChI is InChI=1S/C21H22N3O3/c1-4-22-21(26)19-20(25)16-11-10-15(27-14-8-6-5-7-9-14)12-17(16)18(23-19)13-24(2)3/h5-12,25H,1,4,13H2,2-3H3,(H,22,26). The minimum absolute atomic E-state index is 0.000252. The molecule has 0 fully saturated rings. The first-order chi connectivity index (χ1) is 13.0. The number of hydrogen-bond acceptors (Lipinski definition) is 5. The van der Waals surface area contributed by atoms with Crippen LogP contribution in [-0.4, -0.2) is 41.5 Å². The number of nitrogens with one attached hydrogen (secondary N) is 1. The van der Waals surface area contributed by atoms with E-state index in [1.54, 1.807) is 12.1 Å². The highest BCUT2D eigenvalue weighted by molar-refractivity contribution is 6.02. The van der Waals surface area contributed by atoms with Crippen molar-refractivity contribution in [3.05, 3.63) is 66.8 Å². The molecule has 3 rings (SSSR count). The maximum absolute atomic E-state index is 12.2. The van der Waals surface area contributed by atoms with Crippen LogP contribution in [0.2, 0.25) is 0 Å². The summed E-state index contributed by atoms with van der Waals surface area (Å²) in [5.74, 6) is 0.748. The van der Waals surface area contributed by atoms with Crippen molar-refractivity contribution in [3.8, 4) is 17.2 Å². The number of fused-ring (bicyclic) bond motifs is 1. The lowest BCUT2D eigenvalue weighted by Gasteiger charge is -2.16. The summed E-state index contributed by atoms with van der Waals surface area (Å²) in [6, 6.07) is 14.8. The average Bonchev–Trinajstić information content (AvgIpc) is 2.64. The van der Waals surface area contributed by atoms with Crippen molar-refractivity contribution < 1.29 is 14.6 Å². The second-order valence-corrected chi connectivity index (χ2v) is 6.37. The van der Waals surface area contributed by atoms with Gasteiger partial charge >= 0.3 is 0 Å². The molecule has 0 unspecified atom stereocenters. The quantitative estimate of drug-likeness (QED) is 0.702. The van der Waals surface area contributed by atoms with Crippen LogP contribution in [0.15, 0.2) is 48.5 Å². The van der Waals surface area contributed by atoms with Gasteiger partial charge in [0.05, 0.1) is 5.69 Å². The molecule has 0 aliphatic carbocycles. The summed E-state index contributed by atoms with van der Waals surface area (Å²) in [6.45, 7) is 4.32. The third-order valence-corrected chi connectivity index (χ3v) is 3.97. The van der Waals surface area contributed by atoms with Crippen LogP contribution in [0.3, 0.4) is 0 Å². The van der Waals surface area contributed by atoms with Crippen LogP contribution in [0.5, 0.6) is 17.2 Å². The van der Waals surface area contributed by atoms with E-state index in [9.17, 15) is 9.90 Å². The first-order valence-electron chi connectivity index (χ1n) is 8.60. The molecule has 0 aliphatic heterocycles. The zero-order chi connectivity index (χ0) is 19.4. The molecule has 0 saturated heterocycles. The Morgan fingerprint density at radius 1 is 1.15 bits per heavy atom. The van der Waals surface area contributed by atoms with E-state index in [0.29, 0.717) is 23.4 Å². The number of carbonyl (C=O) groups excluding carboxylic acids is 1. The van der Waals surface area contributed by atoms with Gasteiger partial charge in [0, 0.05) is 23.9 Å². The van der Waals surface area contributed by atoms with Gasteiger partial charge in [0.1, 0.15) is 11.5 Å². The van der Waals surface area contributed by atoms with E-state index in [1.807, 2.05) is 55.4 Å². The largest absolute Gasteiger partial charge is 0.505 e. The molecule has 0 saturated carbocycles. The lowest BCUT2D eigenvalue weighted by molar-refractivity contribution is 0.0950. The Bertz CT molecular complexity index is 956. The molecule has 0 aliphatic rings. The Balaban J connectivity index is 2.10. The van der Waals surface area contributed by atoms with Crippen LogP contribution in [0.25, 0.3) is 10.8 Å². The highest BCUT2D eigenvalue weighted by atomic mass is 16.5. The number of aromatic nitrogens is 1. The van der Waals surface area contributed by atoms with E-state index in [-0.39, 0.29) is 18.0 Å². The fourth-order valence-electron chi connectivity index (χ4n) is 2.81. The highest BCUT2D eigenvalue weighted by Gasteiger charge is 2.19. The summed E-state index contributed by atoms with van der Waals surface area (Å²) >= 11 is 0. The first-order valence-corrected chi connectivity index (χ1v) is 8.60. The molecule has 2 N–H and O–H groups in total. The van der Waals surface area contributed by atoms with Crippen LogP contribution in [-0.2, 0) is 6.54 Å². The zero-order valence-electron chi connectivity index (χ0n) is 15.4. The van der Waals surface area contributed by atoms with Crippen molar-refractivity contribution in [3.63, 3.8) is 0 Å². The first kappa shape index (κ1) is 18.7. The molecule has 6 heteroatoms. The van der Waals surface area contributed by atoms with Crippen molar-refractivity contribution in [2.24, 2.45) is 0 Å². The molecule has 27 heavy (non-hydrogen) atoms. The third kappa shape index (κ3) is 4.17. The summed E-state index contributed by atoms with van der Waals surface area (Å²) in [6.07, 6.45) is 0. The predicted molar refractivity (Wildman–Crippen MR) is 105 cm³/mol. The molecule has 1 aromatic heterocycles. The molecule has 6 nitrogen and oxygen atoms in total. The minimum Gasteiger partial charge on any atom is -0.505 e. The maximum Gasteiger partial charge on any atom is 0.273 e. The average molecular weight is 364 g/mol. The van der Waals surface area contributed by atoms with Crippen LogP contribution < -0.4 is 10.1 Å². The Hall–Kier alpha value is -3.12. The molecular weight excluding hydrogens is 342 g/mol. The predicted octanol–water partition coefficient (Wildman–Crippen LogP) is 3.36. The summed E-state index contributed by atoms with van der Waals surface area (Å²) in [7, 11) is 3.83. The van der Waals surface area contributed by atoms with Crippen LogP contribution >= 0.6 is 0 Å². The molecule has 0 spiro atoms. The number of nitrogens with zero attached hydrogens (tertiary/aromatic N) is 2. The van der Waals surface area contributed by atoms with Crippen molar-refractivity contribution in [2.45, 2.75) is 6.54 Å². The second kappa shape index (κ2) is 8.05. The number of para-hydroxylation sites is 1. The Kier molecular flexibility index (Phi) is 5.57. The van der Waals surface area contributed by atoms with E-state index >= 15 is 0 Å². The van der Waals surface area contributed by atoms with Crippen molar-refractivity contribution >= 4 is 16.7 Å². The Morgan fingerprint density at radius 3 is 2.56 bits per heavy atom. The fourth-order valence-corrected chi connectivity index (χ4v) is 2.81. The highest BCUT2D eigenvalue weighted by Crippen LogP contribution is 2.34. The van der Waals surface area contributed by atoms with Crippen LogP contribution in [0.4, 0.5) is 0 Å². The van der Waals surface area contributed by atoms with Gasteiger partial charge in [0.2, 0.25) is 0 Å². The number of amides is 1. The zero-order valence-corrected chi connectivity index (χ0v) is 15.4. The van der Waals surface area contributed by atoms with E-state index < -0.39 is 5.91 Å². The van der Waals surface area contributed by atoms with Gasteiger partial charge in [-0.3, -0.25) is 4.79 Å². The van der Waals surface area contributed by atoms with Crippen LogP contribution in [0.1, 0.15) is 16.2 Å². The lowest BCUT2D eigenvalue weighted by Crippen LogP contribution is -2.25. The Labute approximate surface area is 158 Å². The van der Waals surface area contributed by atoms with Gasteiger partial charge < -0.3 is 20.1 Å². The van der Waals surface area contributed by atoms with Crippen LogP contribution in [0, 0.1) is 6.92 Å². The number of ether oxygens (including phenoxy) is 1. The topological polar surface area (TPSA) is 74.7 Å². The Morgan fingerprint density at radius 2 is 1.89 bits per heavy atom. The van der Waals surface area contributed by atoms with Gasteiger partial charge in [0.25, 0.3) is 5.91 Å². The second-order valence-electron chi connectivity index (χ2n) is 6.37. The number of aromatic hydroxyl groups is 1. The summed E-state index contributed by atoms with van der Waals surface area (Å²) < 4.78 is 5.89. The van der Waals surface area contributed by atoms with Crippen molar-refractivity contribution in [1.82, 2.24) is 15.2 Å². The monoisotopic (exact) mass is 364 g/mol. The van der Waals surface area contributed by atoms with Gasteiger partial charge in [-0.2, -0.15) is 0 Å². The molecule has 0 bridgehead atoms. The number of pyridine rings is 1. The van der Waals surface area contributed by atoms with Gasteiger partial charge in [-0.25, -0.2) is 4.98 Å². The van der Waals surface area contributed by atoms with Gasteiger partial charge in [-0.15, -0.1) is 0 Å². The van der Waals surface area contributed by atoms with Gasteiger partial charge in [-0.1, -0.05) is 18.2 Å². The lowest BCUT2D eigenvalue weighted by atomic mass is 10.1. The van der Waals surface area contributed by atoms with Crippen molar-refractivity contribution in [1.29, 1.82) is 0 Å². The molecule has 3 aromatic rings. The molecule has 139 valence electrons. The summed E-state index contributed by atoms with van der Waals surface area (Å²) in [5, 5.41) is 14.5. The minimum atomic E-state index is -0.450. The molecule has 0 atom stereocenters. The van der Waals surface area contributed by atoms with Gasteiger partial charge in [0.15, 0.2) is 11.4 Å².